The fraction of sp³-hybridized carbons (Fsp3) is 0.500. The van der Waals surface area contributed by atoms with Crippen molar-refractivity contribution in [1.29, 1.82) is 0 Å². The van der Waals surface area contributed by atoms with Gasteiger partial charge in [0.05, 0.1) is 12.1 Å². The minimum absolute atomic E-state index is 0.272. The molecule has 126 valence electrons. The SMILES string of the molecule is COC(C)c1noc(CN(C)Cc2cncc(C(F)(F)F)c2)n1. The summed E-state index contributed by atoms with van der Waals surface area (Å²) in [7, 11) is 3.28. The lowest BCUT2D eigenvalue weighted by molar-refractivity contribution is -0.137. The van der Waals surface area contributed by atoms with Crippen molar-refractivity contribution in [3.05, 3.63) is 41.3 Å². The fourth-order valence-corrected chi connectivity index (χ4v) is 1.93. The van der Waals surface area contributed by atoms with Gasteiger partial charge in [0, 0.05) is 26.0 Å². The first-order valence-electron chi connectivity index (χ1n) is 6.84. The van der Waals surface area contributed by atoms with E-state index in [1.54, 1.807) is 18.9 Å². The third-order valence-electron chi connectivity index (χ3n) is 3.18. The lowest BCUT2D eigenvalue weighted by Crippen LogP contribution is -2.18. The first-order valence-corrected chi connectivity index (χ1v) is 6.84. The second-order valence-electron chi connectivity index (χ2n) is 5.18. The molecule has 2 aromatic heterocycles. The van der Waals surface area contributed by atoms with Gasteiger partial charge in [-0.3, -0.25) is 9.88 Å². The molecule has 0 amide bonds. The van der Waals surface area contributed by atoms with Crippen molar-refractivity contribution < 1.29 is 22.4 Å². The van der Waals surface area contributed by atoms with Crippen LogP contribution >= 0.6 is 0 Å². The Morgan fingerprint density at radius 1 is 1.30 bits per heavy atom. The zero-order chi connectivity index (χ0) is 17.0. The molecule has 2 heterocycles. The van der Waals surface area contributed by atoms with Crippen molar-refractivity contribution in [2.45, 2.75) is 32.3 Å². The Labute approximate surface area is 131 Å². The van der Waals surface area contributed by atoms with Crippen LogP contribution in [0.15, 0.2) is 23.0 Å². The molecule has 2 rings (SSSR count). The lowest BCUT2D eigenvalue weighted by Gasteiger charge is -2.15. The van der Waals surface area contributed by atoms with Crippen LogP contribution < -0.4 is 0 Å². The van der Waals surface area contributed by atoms with Crippen LogP contribution in [-0.2, 0) is 24.0 Å². The molecule has 0 fully saturated rings. The van der Waals surface area contributed by atoms with Gasteiger partial charge in [0.25, 0.3) is 0 Å². The molecule has 0 saturated carbocycles. The van der Waals surface area contributed by atoms with Gasteiger partial charge in [-0.1, -0.05) is 5.16 Å². The van der Waals surface area contributed by atoms with E-state index in [9.17, 15) is 13.2 Å². The molecule has 1 atom stereocenters. The normalized spacial score (nSPS) is 13.5. The van der Waals surface area contributed by atoms with E-state index in [0.29, 0.717) is 23.8 Å². The van der Waals surface area contributed by atoms with E-state index in [1.807, 2.05) is 0 Å². The number of alkyl halides is 3. The highest BCUT2D eigenvalue weighted by atomic mass is 19.4. The van der Waals surface area contributed by atoms with Crippen LogP contribution in [0.2, 0.25) is 0 Å². The summed E-state index contributed by atoms with van der Waals surface area (Å²) in [5.41, 5.74) is -0.315. The molecule has 0 bridgehead atoms. The summed E-state index contributed by atoms with van der Waals surface area (Å²) in [5, 5.41) is 3.79. The van der Waals surface area contributed by atoms with Crippen LogP contribution in [0.1, 0.15) is 35.9 Å². The molecule has 23 heavy (non-hydrogen) atoms. The average Bonchev–Trinajstić information content (AvgIpc) is 2.94. The largest absolute Gasteiger partial charge is 0.417 e. The number of pyridine rings is 1. The van der Waals surface area contributed by atoms with E-state index < -0.39 is 11.7 Å². The fourth-order valence-electron chi connectivity index (χ4n) is 1.93. The second-order valence-corrected chi connectivity index (χ2v) is 5.18. The molecule has 0 spiro atoms. The van der Waals surface area contributed by atoms with E-state index in [2.05, 4.69) is 15.1 Å². The Morgan fingerprint density at radius 3 is 2.70 bits per heavy atom. The van der Waals surface area contributed by atoms with Crippen LogP contribution in [0.25, 0.3) is 0 Å². The molecule has 0 aliphatic heterocycles. The Balaban J connectivity index is 1.99. The quantitative estimate of drug-likeness (QED) is 0.811. The van der Waals surface area contributed by atoms with Crippen LogP contribution in [0, 0.1) is 0 Å². The van der Waals surface area contributed by atoms with Crippen LogP contribution in [0.5, 0.6) is 0 Å². The van der Waals surface area contributed by atoms with Gasteiger partial charge in [-0.05, 0) is 25.6 Å². The minimum atomic E-state index is -4.40. The first-order chi connectivity index (χ1) is 10.8. The molecule has 1 unspecified atom stereocenters. The van der Waals surface area contributed by atoms with Crippen LogP contribution in [-0.4, -0.2) is 34.2 Å². The second kappa shape index (κ2) is 7.05. The first kappa shape index (κ1) is 17.4. The Hall–Kier alpha value is -2.00. The molecule has 6 nitrogen and oxygen atoms in total. The molecule has 2 aromatic rings. The van der Waals surface area contributed by atoms with Gasteiger partial charge in [-0.15, -0.1) is 0 Å². The summed E-state index contributed by atoms with van der Waals surface area (Å²) in [6.45, 7) is 2.36. The van der Waals surface area contributed by atoms with Gasteiger partial charge >= 0.3 is 6.18 Å². The van der Waals surface area contributed by atoms with Crippen molar-refractivity contribution in [2.75, 3.05) is 14.2 Å². The zero-order valence-electron chi connectivity index (χ0n) is 13.0. The van der Waals surface area contributed by atoms with Crippen molar-refractivity contribution in [3.8, 4) is 0 Å². The van der Waals surface area contributed by atoms with Crippen molar-refractivity contribution in [2.24, 2.45) is 0 Å². The van der Waals surface area contributed by atoms with Gasteiger partial charge < -0.3 is 9.26 Å². The highest BCUT2D eigenvalue weighted by molar-refractivity contribution is 5.20. The zero-order valence-corrected chi connectivity index (χ0v) is 13.0. The molecular formula is C14H17F3N4O2. The molecule has 9 heteroatoms. The van der Waals surface area contributed by atoms with Crippen molar-refractivity contribution in [1.82, 2.24) is 20.0 Å². The maximum Gasteiger partial charge on any atom is 0.417 e. The maximum atomic E-state index is 12.7. The number of ether oxygens (including phenoxy) is 1. The van der Waals surface area contributed by atoms with Gasteiger partial charge in [-0.25, -0.2) is 0 Å². The third kappa shape index (κ3) is 4.73. The monoisotopic (exact) mass is 330 g/mol. The molecule has 0 radical (unpaired) electrons. The summed E-state index contributed by atoms with van der Waals surface area (Å²) < 4.78 is 48.2. The van der Waals surface area contributed by atoms with E-state index in [0.717, 1.165) is 12.3 Å². The molecule has 0 aliphatic rings. The van der Waals surface area contributed by atoms with E-state index >= 15 is 0 Å². The number of halogens is 3. The Bertz CT molecular complexity index is 645. The van der Waals surface area contributed by atoms with Gasteiger partial charge in [0.1, 0.15) is 6.10 Å². The summed E-state index contributed by atoms with van der Waals surface area (Å²) in [6, 6.07) is 1.08. The number of aromatic nitrogens is 3. The Morgan fingerprint density at radius 2 is 2.04 bits per heavy atom. The summed E-state index contributed by atoms with van der Waals surface area (Å²) in [4.78, 5) is 9.57. The standard InChI is InChI=1S/C14H17F3N4O2/c1-9(22-3)13-19-12(23-20-13)8-21(2)7-10-4-11(6-18-5-10)14(15,16)17/h4-6,9H,7-8H2,1-3H3. The summed E-state index contributed by atoms with van der Waals surface area (Å²) in [5.74, 6) is 0.794. The summed E-state index contributed by atoms with van der Waals surface area (Å²) in [6.07, 6.45) is -2.48. The van der Waals surface area contributed by atoms with Gasteiger partial charge in [0.2, 0.25) is 5.89 Å². The number of methoxy groups -OCH3 is 1. The van der Waals surface area contributed by atoms with Crippen LogP contribution in [0.4, 0.5) is 13.2 Å². The molecule has 0 aromatic carbocycles. The number of nitrogens with zero attached hydrogens (tertiary/aromatic N) is 4. The maximum absolute atomic E-state index is 12.7. The molecule has 0 aliphatic carbocycles. The van der Waals surface area contributed by atoms with Crippen LogP contribution in [0.3, 0.4) is 0 Å². The number of hydrogen-bond donors (Lipinski definition) is 0. The average molecular weight is 330 g/mol. The Kier molecular flexibility index (Phi) is 5.32. The molecule has 0 N–H and O–H groups in total. The molecular weight excluding hydrogens is 313 g/mol. The highest BCUT2D eigenvalue weighted by Crippen LogP contribution is 2.29. The predicted molar refractivity (Wildman–Crippen MR) is 74.1 cm³/mol. The molecule has 0 saturated heterocycles. The number of rotatable bonds is 6. The van der Waals surface area contributed by atoms with Crippen molar-refractivity contribution >= 4 is 0 Å². The van der Waals surface area contributed by atoms with E-state index in [4.69, 9.17) is 9.26 Å². The summed E-state index contributed by atoms with van der Waals surface area (Å²) >= 11 is 0. The predicted octanol–water partition coefficient (Wildman–Crippen LogP) is 2.82. The van der Waals surface area contributed by atoms with Crippen molar-refractivity contribution in [3.63, 3.8) is 0 Å². The smallest absolute Gasteiger partial charge is 0.374 e. The van der Waals surface area contributed by atoms with E-state index in [-0.39, 0.29) is 12.6 Å². The lowest BCUT2D eigenvalue weighted by atomic mass is 10.2. The number of hydrogen-bond acceptors (Lipinski definition) is 6. The van der Waals surface area contributed by atoms with Gasteiger partial charge in [0.15, 0.2) is 5.82 Å². The van der Waals surface area contributed by atoms with Gasteiger partial charge in [-0.2, -0.15) is 18.2 Å². The van der Waals surface area contributed by atoms with E-state index in [1.165, 1.54) is 13.3 Å². The highest BCUT2D eigenvalue weighted by Gasteiger charge is 2.31. The topological polar surface area (TPSA) is 64.3 Å². The third-order valence-corrected chi connectivity index (χ3v) is 3.18. The minimum Gasteiger partial charge on any atom is -0.374 e.